The van der Waals surface area contributed by atoms with Crippen LogP contribution in [0.1, 0.15) is 28.5 Å². The molecular formula is C13H14N2O3. The van der Waals surface area contributed by atoms with Gasteiger partial charge in [-0.3, -0.25) is 4.79 Å². The zero-order valence-electron chi connectivity index (χ0n) is 10.3. The van der Waals surface area contributed by atoms with Crippen LogP contribution in [-0.2, 0) is 17.6 Å². The van der Waals surface area contributed by atoms with Crippen LogP contribution in [0.25, 0.3) is 0 Å². The van der Waals surface area contributed by atoms with Crippen molar-refractivity contribution in [2.45, 2.75) is 26.7 Å². The van der Waals surface area contributed by atoms with Crippen molar-refractivity contribution in [3.63, 3.8) is 0 Å². The van der Waals surface area contributed by atoms with E-state index in [9.17, 15) is 4.79 Å². The van der Waals surface area contributed by atoms with E-state index in [0.717, 1.165) is 11.1 Å². The summed E-state index contributed by atoms with van der Waals surface area (Å²) in [4.78, 5) is 10.5. The van der Waals surface area contributed by atoms with Crippen LogP contribution in [0.4, 0.5) is 0 Å². The fourth-order valence-electron chi connectivity index (χ4n) is 1.77. The lowest BCUT2D eigenvalue weighted by Gasteiger charge is -2.03. The average Bonchev–Trinajstić information content (AvgIpc) is 2.69. The van der Waals surface area contributed by atoms with Crippen LogP contribution >= 0.6 is 0 Å². The van der Waals surface area contributed by atoms with Gasteiger partial charge in [-0.2, -0.15) is 0 Å². The zero-order valence-corrected chi connectivity index (χ0v) is 10.3. The van der Waals surface area contributed by atoms with Crippen LogP contribution in [0, 0.1) is 13.8 Å². The highest BCUT2D eigenvalue weighted by Gasteiger charge is 2.11. The number of hydrogen-bond acceptors (Lipinski definition) is 4. The highest BCUT2D eigenvalue weighted by molar-refractivity contribution is 5.68. The summed E-state index contributed by atoms with van der Waals surface area (Å²) < 4.78 is 5.28. The number of benzene rings is 1. The van der Waals surface area contributed by atoms with Gasteiger partial charge in [-0.05, 0) is 25.0 Å². The molecular weight excluding hydrogens is 232 g/mol. The Labute approximate surface area is 104 Å². The average molecular weight is 246 g/mol. The van der Waals surface area contributed by atoms with Gasteiger partial charge in [-0.25, -0.2) is 0 Å². The molecule has 18 heavy (non-hydrogen) atoms. The smallest absolute Gasteiger partial charge is 0.312 e. The van der Waals surface area contributed by atoms with Crippen molar-refractivity contribution in [3.8, 4) is 0 Å². The molecule has 2 aromatic rings. The number of carboxylic acid groups (broad SMARTS) is 1. The summed E-state index contributed by atoms with van der Waals surface area (Å²) in [6.45, 7) is 4.06. The minimum absolute atomic E-state index is 0.141. The van der Waals surface area contributed by atoms with Crippen molar-refractivity contribution in [2.24, 2.45) is 0 Å². The standard InChI is InChI=1S/C13H14N2O3/c1-8-3-4-10(9(2)5-8)6-11-14-15-12(18-11)7-13(16)17/h3-5H,6-7H2,1-2H3,(H,16,17). The fraction of sp³-hybridized carbons (Fsp3) is 0.308. The first kappa shape index (κ1) is 12.3. The fourth-order valence-corrected chi connectivity index (χ4v) is 1.77. The first-order valence-electron chi connectivity index (χ1n) is 5.64. The van der Waals surface area contributed by atoms with Crippen LogP contribution in [0.15, 0.2) is 22.6 Å². The summed E-state index contributed by atoms with van der Waals surface area (Å²) in [6.07, 6.45) is 0.290. The lowest BCUT2D eigenvalue weighted by atomic mass is 10.0. The summed E-state index contributed by atoms with van der Waals surface area (Å²) >= 11 is 0. The molecule has 0 saturated heterocycles. The van der Waals surface area contributed by atoms with Crippen molar-refractivity contribution in [3.05, 3.63) is 46.7 Å². The number of aromatic nitrogens is 2. The topological polar surface area (TPSA) is 76.2 Å². The third-order valence-electron chi connectivity index (χ3n) is 2.65. The van der Waals surface area contributed by atoms with Gasteiger partial charge in [-0.15, -0.1) is 10.2 Å². The van der Waals surface area contributed by atoms with E-state index in [1.807, 2.05) is 26.0 Å². The van der Waals surface area contributed by atoms with Crippen molar-refractivity contribution in [1.82, 2.24) is 10.2 Å². The third kappa shape index (κ3) is 2.94. The summed E-state index contributed by atoms with van der Waals surface area (Å²) in [5.41, 5.74) is 3.47. The molecule has 0 spiro atoms. The Balaban J connectivity index is 2.13. The van der Waals surface area contributed by atoms with Gasteiger partial charge in [0.15, 0.2) is 0 Å². The van der Waals surface area contributed by atoms with Crippen LogP contribution < -0.4 is 0 Å². The van der Waals surface area contributed by atoms with E-state index in [1.165, 1.54) is 5.56 Å². The van der Waals surface area contributed by atoms with E-state index >= 15 is 0 Å². The molecule has 0 unspecified atom stereocenters. The molecule has 0 fully saturated rings. The van der Waals surface area contributed by atoms with Gasteiger partial charge in [0.2, 0.25) is 11.8 Å². The Kier molecular flexibility index (Phi) is 3.41. The summed E-state index contributed by atoms with van der Waals surface area (Å²) in [5.74, 6) is -0.391. The number of carboxylic acids is 1. The Morgan fingerprint density at radius 2 is 2.00 bits per heavy atom. The number of rotatable bonds is 4. The van der Waals surface area contributed by atoms with Gasteiger partial charge in [0.05, 0.1) is 6.42 Å². The molecule has 1 aromatic heterocycles. The summed E-state index contributed by atoms with van der Waals surface area (Å²) in [7, 11) is 0. The van der Waals surface area contributed by atoms with Gasteiger partial charge >= 0.3 is 5.97 Å². The zero-order chi connectivity index (χ0) is 13.1. The minimum atomic E-state index is -0.975. The van der Waals surface area contributed by atoms with Crippen LogP contribution in [0.5, 0.6) is 0 Å². The Morgan fingerprint density at radius 3 is 2.67 bits per heavy atom. The number of aryl methyl sites for hydroxylation is 2. The second-order valence-electron chi connectivity index (χ2n) is 4.27. The largest absolute Gasteiger partial charge is 0.481 e. The number of nitrogens with zero attached hydrogens (tertiary/aromatic N) is 2. The third-order valence-corrected chi connectivity index (χ3v) is 2.65. The lowest BCUT2D eigenvalue weighted by molar-refractivity contribution is -0.136. The van der Waals surface area contributed by atoms with Gasteiger partial charge in [-0.1, -0.05) is 23.8 Å². The second kappa shape index (κ2) is 5.00. The van der Waals surface area contributed by atoms with Crippen LogP contribution in [0.3, 0.4) is 0 Å². The molecule has 5 nitrogen and oxygen atoms in total. The van der Waals surface area contributed by atoms with E-state index < -0.39 is 5.97 Å². The molecule has 0 atom stereocenters. The Hall–Kier alpha value is -2.17. The molecule has 0 bridgehead atoms. The van der Waals surface area contributed by atoms with Crippen LogP contribution in [0.2, 0.25) is 0 Å². The first-order valence-corrected chi connectivity index (χ1v) is 5.64. The van der Waals surface area contributed by atoms with Gasteiger partial charge in [0.25, 0.3) is 0 Å². The molecule has 0 aliphatic heterocycles. The molecule has 1 N–H and O–H groups in total. The maximum absolute atomic E-state index is 10.5. The van der Waals surface area contributed by atoms with Crippen molar-refractivity contribution in [2.75, 3.05) is 0 Å². The van der Waals surface area contributed by atoms with Crippen molar-refractivity contribution >= 4 is 5.97 Å². The number of aliphatic carboxylic acids is 1. The van der Waals surface area contributed by atoms with E-state index in [1.54, 1.807) is 0 Å². The van der Waals surface area contributed by atoms with E-state index in [2.05, 4.69) is 16.3 Å². The maximum atomic E-state index is 10.5. The van der Waals surface area contributed by atoms with Gasteiger partial charge < -0.3 is 9.52 Å². The molecule has 2 rings (SSSR count). The van der Waals surface area contributed by atoms with Gasteiger partial charge in [0, 0.05) is 0 Å². The van der Waals surface area contributed by atoms with Crippen LogP contribution in [-0.4, -0.2) is 21.3 Å². The van der Waals surface area contributed by atoms with E-state index in [-0.39, 0.29) is 12.3 Å². The normalized spacial score (nSPS) is 10.6. The molecule has 1 heterocycles. The summed E-state index contributed by atoms with van der Waals surface area (Å²) in [6, 6.07) is 6.13. The highest BCUT2D eigenvalue weighted by atomic mass is 16.4. The maximum Gasteiger partial charge on any atom is 0.312 e. The van der Waals surface area contributed by atoms with E-state index in [4.69, 9.17) is 9.52 Å². The molecule has 0 radical (unpaired) electrons. The molecule has 0 amide bonds. The number of hydrogen-bond donors (Lipinski definition) is 1. The highest BCUT2D eigenvalue weighted by Crippen LogP contribution is 2.15. The minimum Gasteiger partial charge on any atom is -0.481 e. The predicted octanol–water partition coefficient (Wildman–Crippen LogP) is 1.90. The van der Waals surface area contributed by atoms with Gasteiger partial charge in [0.1, 0.15) is 6.42 Å². The molecule has 94 valence electrons. The quantitative estimate of drug-likeness (QED) is 0.891. The molecule has 0 aliphatic carbocycles. The Bertz CT molecular complexity index is 575. The lowest BCUT2D eigenvalue weighted by Crippen LogP contribution is -1.99. The second-order valence-corrected chi connectivity index (χ2v) is 4.27. The molecule has 1 aromatic carbocycles. The molecule has 0 aliphatic rings. The molecule has 0 saturated carbocycles. The SMILES string of the molecule is Cc1ccc(Cc2nnc(CC(=O)O)o2)c(C)c1. The monoisotopic (exact) mass is 246 g/mol. The number of carbonyl (C=O) groups is 1. The Morgan fingerprint density at radius 1 is 1.28 bits per heavy atom. The van der Waals surface area contributed by atoms with Crippen molar-refractivity contribution < 1.29 is 14.3 Å². The first-order chi connectivity index (χ1) is 8.54. The van der Waals surface area contributed by atoms with Crippen molar-refractivity contribution in [1.29, 1.82) is 0 Å². The van der Waals surface area contributed by atoms with E-state index in [0.29, 0.717) is 12.3 Å². The summed E-state index contributed by atoms with van der Waals surface area (Å²) in [5, 5.41) is 16.2. The molecule has 5 heteroatoms. The predicted molar refractivity (Wildman–Crippen MR) is 64.4 cm³/mol.